The van der Waals surface area contributed by atoms with E-state index in [-0.39, 0.29) is 5.78 Å². The van der Waals surface area contributed by atoms with E-state index in [0.29, 0.717) is 16.5 Å². The predicted octanol–water partition coefficient (Wildman–Crippen LogP) is 1.72. The SMILES string of the molecule is COc1ccsc1C(=O)c1nccn1C. The summed E-state index contributed by atoms with van der Waals surface area (Å²) in [7, 11) is 3.34. The number of ether oxygens (including phenoxy) is 1. The number of rotatable bonds is 3. The van der Waals surface area contributed by atoms with Crippen molar-refractivity contribution in [2.75, 3.05) is 7.11 Å². The first-order valence-electron chi connectivity index (χ1n) is 4.37. The molecule has 0 aliphatic rings. The number of methoxy groups -OCH3 is 1. The van der Waals surface area contributed by atoms with Crippen molar-refractivity contribution in [2.24, 2.45) is 7.05 Å². The van der Waals surface area contributed by atoms with Crippen LogP contribution >= 0.6 is 11.3 Å². The number of nitrogens with zero attached hydrogens (tertiary/aromatic N) is 2. The molecule has 0 amide bonds. The molecule has 0 saturated carbocycles. The van der Waals surface area contributed by atoms with Crippen molar-refractivity contribution < 1.29 is 9.53 Å². The van der Waals surface area contributed by atoms with Gasteiger partial charge in [-0.25, -0.2) is 4.98 Å². The Morgan fingerprint density at radius 2 is 2.40 bits per heavy atom. The van der Waals surface area contributed by atoms with Gasteiger partial charge in [0.05, 0.1) is 7.11 Å². The minimum absolute atomic E-state index is 0.102. The number of aromatic nitrogens is 2. The molecule has 0 bridgehead atoms. The summed E-state index contributed by atoms with van der Waals surface area (Å²) >= 11 is 1.36. The number of aryl methyl sites for hydroxylation is 1. The number of carbonyl (C=O) groups is 1. The number of carbonyl (C=O) groups excluding carboxylic acids is 1. The minimum Gasteiger partial charge on any atom is -0.495 e. The Hall–Kier alpha value is -1.62. The maximum atomic E-state index is 12.0. The van der Waals surface area contributed by atoms with Crippen LogP contribution in [0.3, 0.4) is 0 Å². The standard InChI is InChI=1S/C10H10N2O2S/c1-12-5-4-11-10(12)8(13)9-7(14-2)3-6-15-9/h3-6H,1-2H3. The molecular formula is C10H10N2O2S. The van der Waals surface area contributed by atoms with Crippen LogP contribution in [0.15, 0.2) is 23.8 Å². The molecular weight excluding hydrogens is 212 g/mol. The number of imidazole rings is 1. The van der Waals surface area contributed by atoms with Crippen molar-refractivity contribution in [3.63, 3.8) is 0 Å². The van der Waals surface area contributed by atoms with Crippen molar-refractivity contribution in [3.8, 4) is 5.75 Å². The van der Waals surface area contributed by atoms with Gasteiger partial charge in [-0.15, -0.1) is 11.3 Å². The summed E-state index contributed by atoms with van der Waals surface area (Å²) in [5.74, 6) is 0.929. The number of hydrogen-bond acceptors (Lipinski definition) is 4. The van der Waals surface area contributed by atoms with Crippen LogP contribution in [0.2, 0.25) is 0 Å². The summed E-state index contributed by atoms with van der Waals surface area (Å²) in [6.45, 7) is 0. The van der Waals surface area contributed by atoms with Gasteiger partial charge in [0.25, 0.3) is 0 Å². The van der Waals surface area contributed by atoms with E-state index in [0.717, 1.165) is 0 Å². The van der Waals surface area contributed by atoms with Gasteiger partial charge in [-0.2, -0.15) is 0 Å². The monoisotopic (exact) mass is 222 g/mol. The Kier molecular flexibility index (Phi) is 2.55. The van der Waals surface area contributed by atoms with Crippen molar-refractivity contribution in [2.45, 2.75) is 0 Å². The summed E-state index contributed by atoms with van der Waals surface area (Å²) in [4.78, 5) is 16.6. The van der Waals surface area contributed by atoms with E-state index in [1.54, 1.807) is 37.2 Å². The number of ketones is 1. The lowest BCUT2D eigenvalue weighted by atomic mass is 10.3. The largest absolute Gasteiger partial charge is 0.495 e. The van der Waals surface area contributed by atoms with Crippen LogP contribution in [0, 0.1) is 0 Å². The third kappa shape index (κ3) is 1.66. The van der Waals surface area contributed by atoms with Crippen LogP contribution in [0.1, 0.15) is 15.5 Å². The zero-order valence-corrected chi connectivity index (χ0v) is 9.25. The summed E-state index contributed by atoms with van der Waals surface area (Å²) in [5, 5.41) is 1.83. The molecule has 5 heteroatoms. The molecule has 15 heavy (non-hydrogen) atoms. The van der Waals surface area contributed by atoms with Gasteiger partial charge in [0.15, 0.2) is 5.82 Å². The second kappa shape index (κ2) is 3.86. The number of hydrogen-bond donors (Lipinski definition) is 0. The first-order chi connectivity index (χ1) is 7.24. The first-order valence-corrected chi connectivity index (χ1v) is 5.25. The lowest BCUT2D eigenvalue weighted by Crippen LogP contribution is -2.08. The van der Waals surface area contributed by atoms with Gasteiger partial charge in [0.1, 0.15) is 10.6 Å². The fourth-order valence-electron chi connectivity index (χ4n) is 1.31. The van der Waals surface area contributed by atoms with Crippen LogP contribution in [-0.4, -0.2) is 22.4 Å². The number of thiophene rings is 1. The van der Waals surface area contributed by atoms with E-state index in [1.807, 2.05) is 5.38 Å². The zero-order chi connectivity index (χ0) is 10.8. The molecule has 0 N–H and O–H groups in total. The molecule has 0 aliphatic carbocycles. The third-order valence-corrected chi connectivity index (χ3v) is 2.97. The normalized spacial score (nSPS) is 10.3. The van der Waals surface area contributed by atoms with Crippen LogP contribution in [0.25, 0.3) is 0 Å². The van der Waals surface area contributed by atoms with Gasteiger partial charge in [-0.3, -0.25) is 4.79 Å². The van der Waals surface area contributed by atoms with Crippen LogP contribution < -0.4 is 4.74 Å². The molecule has 2 heterocycles. The zero-order valence-electron chi connectivity index (χ0n) is 8.43. The van der Waals surface area contributed by atoms with E-state index in [4.69, 9.17) is 4.74 Å². The topological polar surface area (TPSA) is 44.1 Å². The predicted molar refractivity (Wildman–Crippen MR) is 57.5 cm³/mol. The van der Waals surface area contributed by atoms with Gasteiger partial charge in [0.2, 0.25) is 5.78 Å². The molecule has 2 rings (SSSR count). The van der Waals surface area contributed by atoms with Gasteiger partial charge < -0.3 is 9.30 Å². The lowest BCUT2D eigenvalue weighted by molar-refractivity contribution is 0.102. The Morgan fingerprint density at radius 3 is 3.00 bits per heavy atom. The molecule has 4 nitrogen and oxygen atoms in total. The molecule has 78 valence electrons. The Labute approximate surface area is 91.1 Å². The average molecular weight is 222 g/mol. The second-order valence-corrected chi connectivity index (χ2v) is 3.93. The van der Waals surface area contributed by atoms with Crippen LogP contribution in [0.4, 0.5) is 0 Å². The molecule has 2 aromatic rings. The maximum Gasteiger partial charge on any atom is 0.242 e. The van der Waals surface area contributed by atoms with Crippen LogP contribution in [-0.2, 0) is 7.05 Å². The molecule has 0 saturated heterocycles. The summed E-state index contributed by atoms with van der Waals surface area (Å²) in [6, 6.07) is 1.78. The Bertz CT molecular complexity index is 487. The highest BCUT2D eigenvalue weighted by Gasteiger charge is 2.19. The fourth-order valence-corrected chi connectivity index (χ4v) is 2.10. The van der Waals surface area contributed by atoms with E-state index in [9.17, 15) is 4.79 Å². The average Bonchev–Trinajstić information content (AvgIpc) is 2.84. The Morgan fingerprint density at radius 1 is 1.60 bits per heavy atom. The molecule has 2 aromatic heterocycles. The molecule has 0 aliphatic heterocycles. The van der Waals surface area contributed by atoms with Crippen molar-refractivity contribution in [1.29, 1.82) is 0 Å². The van der Waals surface area contributed by atoms with Crippen molar-refractivity contribution in [1.82, 2.24) is 9.55 Å². The highest BCUT2D eigenvalue weighted by Crippen LogP contribution is 2.26. The van der Waals surface area contributed by atoms with Crippen LogP contribution in [0.5, 0.6) is 5.75 Å². The van der Waals surface area contributed by atoms with E-state index in [2.05, 4.69) is 4.98 Å². The highest BCUT2D eigenvalue weighted by atomic mass is 32.1. The minimum atomic E-state index is -0.102. The molecule has 0 radical (unpaired) electrons. The van der Waals surface area contributed by atoms with E-state index in [1.165, 1.54) is 11.3 Å². The van der Waals surface area contributed by atoms with Gasteiger partial charge >= 0.3 is 0 Å². The summed E-state index contributed by atoms with van der Waals surface area (Å²) < 4.78 is 6.79. The summed E-state index contributed by atoms with van der Waals surface area (Å²) in [5.41, 5.74) is 0. The first kappa shape index (κ1) is 9.92. The smallest absolute Gasteiger partial charge is 0.242 e. The third-order valence-electron chi connectivity index (χ3n) is 2.08. The van der Waals surface area contributed by atoms with Gasteiger partial charge in [0, 0.05) is 19.4 Å². The fraction of sp³-hybridized carbons (Fsp3) is 0.200. The second-order valence-electron chi connectivity index (χ2n) is 3.01. The van der Waals surface area contributed by atoms with E-state index >= 15 is 0 Å². The lowest BCUT2D eigenvalue weighted by Gasteiger charge is -2.01. The molecule has 0 spiro atoms. The molecule has 0 aromatic carbocycles. The van der Waals surface area contributed by atoms with Gasteiger partial charge in [-0.1, -0.05) is 0 Å². The maximum absolute atomic E-state index is 12.0. The van der Waals surface area contributed by atoms with Crippen molar-refractivity contribution in [3.05, 3.63) is 34.5 Å². The van der Waals surface area contributed by atoms with Gasteiger partial charge in [-0.05, 0) is 11.4 Å². The Balaban J connectivity index is 2.41. The molecule has 0 atom stereocenters. The molecule has 0 unspecified atom stereocenters. The molecule has 0 fully saturated rings. The van der Waals surface area contributed by atoms with E-state index < -0.39 is 0 Å². The quantitative estimate of drug-likeness (QED) is 0.743. The van der Waals surface area contributed by atoms with Crippen molar-refractivity contribution >= 4 is 17.1 Å². The summed E-state index contributed by atoms with van der Waals surface area (Å²) in [6.07, 6.45) is 3.35. The highest BCUT2D eigenvalue weighted by molar-refractivity contribution is 7.12.